The highest BCUT2D eigenvalue weighted by Crippen LogP contribution is 2.29. The molecule has 0 aliphatic carbocycles. The molecular formula is C12H15NO4S. The van der Waals surface area contributed by atoms with Gasteiger partial charge in [-0.3, -0.25) is 0 Å². The van der Waals surface area contributed by atoms with Crippen LogP contribution < -0.4 is 5.73 Å². The van der Waals surface area contributed by atoms with Crippen LogP contribution in [-0.2, 0) is 9.84 Å². The van der Waals surface area contributed by atoms with E-state index in [1.165, 1.54) is 12.1 Å². The molecule has 18 heavy (non-hydrogen) atoms. The number of carboxylic acid groups (broad SMARTS) is 1. The zero-order valence-electron chi connectivity index (χ0n) is 9.74. The number of aromatic carboxylic acids is 1. The topological polar surface area (TPSA) is 97.5 Å². The molecule has 0 spiro atoms. The van der Waals surface area contributed by atoms with Crippen LogP contribution in [0.5, 0.6) is 0 Å². The minimum atomic E-state index is -2.94. The van der Waals surface area contributed by atoms with E-state index in [0.29, 0.717) is 6.42 Å². The number of hydrogen-bond donors (Lipinski definition) is 2. The Hall–Kier alpha value is -1.40. The molecule has 1 fully saturated rings. The van der Waals surface area contributed by atoms with Gasteiger partial charge in [0.2, 0.25) is 0 Å². The molecule has 1 saturated heterocycles. The van der Waals surface area contributed by atoms with Gasteiger partial charge in [0.25, 0.3) is 0 Å². The summed E-state index contributed by atoms with van der Waals surface area (Å²) in [5.74, 6) is -0.753. The molecule has 1 heterocycles. The molecule has 1 aliphatic heterocycles. The minimum absolute atomic E-state index is 0.0781. The summed E-state index contributed by atoms with van der Waals surface area (Å²) in [5.41, 5.74) is 7.01. The van der Waals surface area contributed by atoms with Crippen molar-refractivity contribution >= 4 is 15.8 Å². The number of carboxylic acids is 1. The van der Waals surface area contributed by atoms with Crippen LogP contribution in [0, 0.1) is 5.92 Å². The Labute approximate surface area is 106 Å². The molecule has 98 valence electrons. The monoisotopic (exact) mass is 269 g/mol. The predicted octanol–water partition coefficient (Wildman–Crippen LogP) is 0.819. The van der Waals surface area contributed by atoms with E-state index < -0.39 is 15.8 Å². The first-order valence-electron chi connectivity index (χ1n) is 5.68. The van der Waals surface area contributed by atoms with E-state index in [9.17, 15) is 13.2 Å². The van der Waals surface area contributed by atoms with Gasteiger partial charge in [0.15, 0.2) is 9.84 Å². The second-order valence-corrected chi connectivity index (χ2v) is 6.84. The van der Waals surface area contributed by atoms with Crippen LogP contribution >= 0.6 is 0 Å². The molecule has 0 aromatic heterocycles. The second-order valence-electron chi connectivity index (χ2n) is 4.62. The highest BCUT2D eigenvalue weighted by atomic mass is 32.2. The number of nitrogens with two attached hydrogens (primary N) is 1. The largest absolute Gasteiger partial charge is 0.478 e. The summed E-state index contributed by atoms with van der Waals surface area (Å²) < 4.78 is 22.8. The Bertz CT molecular complexity index is 550. The summed E-state index contributed by atoms with van der Waals surface area (Å²) in [6, 6.07) is 5.92. The Morgan fingerprint density at radius 3 is 2.39 bits per heavy atom. The first-order chi connectivity index (χ1) is 8.39. The molecule has 1 aliphatic rings. The highest BCUT2D eigenvalue weighted by molar-refractivity contribution is 7.91. The van der Waals surface area contributed by atoms with Crippen LogP contribution in [0.1, 0.15) is 28.4 Å². The summed E-state index contributed by atoms with van der Waals surface area (Å²) in [7, 11) is -2.94. The average molecular weight is 269 g/mol. The van der Waals surface area contributed by atoms with E-state index in [4.69, 9.17) is 10.8 Å². The van der Waals surface area contributed by atoms with E-state index in [-0.39, 0.29) is 29.0 Å². The van der Waals surface area contributed by atoms with Crippen molar-refractivity contribution in [3.05, 3.63) is 35.4 Å². The molecule has 2 rings (SSSR count). The molecule has 2 unspecified atom stereocenters. The molecule has 2 atom stereocenters. The zero-order valence-corrected chi connectivity index (χ0v) is 10.6. The minimum Gasteiger partial charge on any atom is -0.478 e. The molecule has 6 heteroatoms. The van der Waals surface area contributed by atoms with Gasteiger partial charge in [0.05, 0.1) is 17.1 Å². The molecule has 1 aromatic rings. The smallest absolute Gasteiger partial charge is 0.335 e. The van der Waals surface area contributed by atoms with Crippen molar-refractivity contribution in [2.75, 3.05) is 11.5 Å². The zero-order chi connectivity index (χ0) is 13.3. The summed E-state index contributed by atoms with van der Waals surface area (Å²) in [6.07, 6.45) is 0.574. The lowest BCUT2D eigenvalue weighted by molar-refractivity contribution is 0.0697. The summed E-state index contributed by atoms with van der Waals surface area (Å²) in [4.78, 5) is 10.7. The standard InChI is InChI=1S/C12H15NO4S/c13-11(10-5-6-18(16,17)7-10)8-1-3-9(4-2-8)12(14)15/h1-4,10-11H,5-7,13H2,(H,14,15). The molecule has 0 radical (unpaired) electrons. The molecule has 0 bridgehead atoms. The lowest BCUT2D eigenvalue weighted by Gasteiger charge is -2.18. The van der Waals surface area contributed by atoms with Crippen molar-refractivity contribution in [2.45, 2.75) is 12.5 Å². The van der Waals surface area contributed by atoms with Crippen molar-refractivity contribution in [1.82, 2.24) is 0 Å². The van der Waals surface area contributed by atoms with Gasteiger partial charge in [-0.1, -0.05) is 12.1 Å². The Morgan fingerprint density at radius 2 is 1.94 bits per heavy atom. The lowest BCUT2D eigenvalue weighted by atomic mass is 9.93. The van der Waals surface area contributed by atoms with Gasteiger partial charge in [0, 0.05) is 6.04 Å². The summed E-state index contributed by atoms with van der Waals surface area (Å²) in [6.45, 7) is 0. The van der Waals surface area contributed by atoms with Crippen LogP contribution in [0.15, 0.2) is 24.3 Å². The van der Waals surface area contributed by atoms with Gasteiger partial charge >= 0.3 is 5.97 Å². The quantitative estimate of drug-likeness (QED) is 0.846. The van der Waals surface area contributed by atoms with Crippen LogP contribution in [0.25, 0.3) is 0 Å². The lowest BCUT2D eigenvalue weighted by Crippen LogP contribution is -2.22. The number of hydrogen-bond acceptors (Lipinski definition) is 4. The van der Waals surface area contributed by atoms with Crippen LogP contribution in [0.3, 0.4) is 0 Å². The summed E-state index contributed by atoms with van der Waals surface area (Å²) >= 11 is 0. The molecule has 0 saturated carbocycles. The Kier molecular flexibility index (Phi) is 3.41. The maximum absolute atomic E-state index is 11.4. The number of rotatable bonds is 3. The van der Waals surface area contributed by atoms with Crippen molar-refractivity contribution in [2.24, 2.45) is 11.7 Å². The predicted molar refractivity (Wildman–Crippen MR) is 67.1 cm³/mol. The van der Waals surface area contributed by atoms with Gasteiger partial charge in [0.1, 0.15) is 0 Å². The fraction of sp³-hybridized carbons (Fsp3) is 0.417. The maximum atomic E-state index is 11.4. The molecular weight excluding hydrogens is 254 g/mol. The molecule has 3 N–H and O–H groups in total. The molecule has 0 amide bonds. The van der Waals surface area contributed by atoms with E-state index in [1.807, 2.05) is 0 Å². The molecule has 5 nitrogen and oxygen atoms in total. The van der Waals surface area contributed by atoms with E-state index >= 15 is 0 Å². The van der Waals surface area contributed by atoms with E-state index in [1.54, 1.807) is 12.1 Å². The van der Waals surface area contributed by atoms with Gasteiger partial charge in [-0.25, -0.2) is 13.2 Å². The fourth-order valence-corrected chi connectivity index (χ4v) is 4.08. The van der Waals surface area contributed by atoms with Crippen LogP contribution in [0.4, 0.5) is 0 Å². The van der Waals surface area contributed by atoms with Gasteiger partial charge in [-0.2, -0.15) is 0 Å². The van der Waals surface area contributed by atoms with Crippen molar-refractivity contribution in [3.8, 4) is 0 Å². The van der Waals surface area contributed by atoms with Crippen molar-refractivity contribution in [3.63, 3.8) is 0 Å². The number of sulfone groups is 1. The van der Waals surface area contributed by atoms with Crippen molar-refractivity contribution in [1.29, 1.82) is 0 Å². The normalized spacial score (nSPS) is 23.7. The first-order valence-corrected chi connectivity index (χ1v) is 7.50. The van der Waals surface area contributed by atoms with E-state index in [0.717, 1.165) is 5.56 Å². The third kappa shape index (κ3) is 2.70. The maximum Gasteiger partial charge on any atom is 0.335 e. The van der Waals surface area contributed by atoms with Gasteiger partial charge in [-0.15, -0.1) is 0 Å². The van der Waals surface area contributed by atoms with Gasteiger partial charge < -0.3 is 10.8 Å². The van der Waals surface area contributed by atoms with Gasteiger partial charge in [-0.05, 0) is 30.0 Å². The average Bonchev–Trinajstić information content (AvgIpc) is 2.69. The summed E-state index contributed by atoms with van der Waals surface area (Å²) in [5, 5.41) is 8.78. The number of benzene rings is 1. The second kappa shape index (κ2) is 4.70. The number of carbonyl (C=O) groups is 1. The third-order valence-electron chi connectivity index (χ3n) is 3.32. The Balaban J connectivity index is 2.14. The van der Waals surface area contributed by atoms with Crippen LogP contribution in [0.2, 0.25) is 0 Å². The third-order valence-corrected chi connectivity index (χ3v) is 5.11. The van der Waals surface area contributed by atoms with E-state index in [2.05, 4.69) is 0 Å². The van der Waals surface area contributed by atoms with Crippen LogP contribution in [-0.4, -0.2) is 31.0 Å². The van der Waals surface area contributed by atoms with Crippen molar-refractivity contribution < 1.29 is 18.3 Å². The Morgan fingerprint density at radius 1 is 1.33 bits per heavy atom. The first kappa shape index (κ1) is 13.0. The fourth-order valence-electron chi connectivity index (χ4n) is 2.23. The highest BCUT2D eigenvalue weighted by Gasteiger charge is 2.32. The SMILES string of the molecule is NC(c1ccc(C(=O)O)cc1)C1CCS(=O)(=O)C1. The molecule has 1 aromatic carbocycles.